The van der Waals surface area contributed by atoms with Gasteiger partial charge in [-0.2, -0.15) is 0 Å². The van der Waals surface area contributed by atoms with E-state index in [-0.39, 0.29) is 6.03 Å². The van der Waals surface area contributed by atoms with Crippen LogP contribution in [0.4, 0.5) is 9.93 Å². The van der Waals surface area contributed by atoms with Crippen LogP contribution in [0.2, 0.25) is 0 Å². The number of amides is 2. The molecule has 4 nitrogen and oxygen atoms in total. The van der Waals surface area contributed by atoms with Crippen LogP contribution >= 0.6 is 11.3 Å². The molecule has 88 valence electrons. The molecule has 1 aromatic heterocycles. The van der Waals surface area contributed by atoms with E-state index < -0.39 is 0 Å². The lowest BCUT2D eigenvalue weighted by Gasteiger charge is -2.30. The Bertz CT molecular complexity index is 333. The molecule has 1 N–H and O–H groups in total. The molecule has 1 fully saturated rings. The Morgan fingerprint density at radius 1 is 1.50 bits per heavy atom. The molecule has 0 saturated heterocycles. The fraction of sp³-hybridized carbons (Fsp3) is 0.636. The number of urea groups is 1. The van der Waals surface area contributed by atoms with Gasteiger partial charge in [-0.1, -0.05) is 19.3 Å². The summed E-state index contributed by atoms with van der Waals surface area (Å²) in [5.41, 5.74) is 0. The van der Waals surface area contributed by atoms with Crippen LogP contribution in [-0.2, 0) is 0 Å². The van der Waals surface area contributed by atoms with Gasteiger partial charge in [0.1, 0.15) is 0 Å². The van der Waals surface area contributed by atoms with Crippen molar-refractivity contribution in [1.29, 1.82) is 0 Å². The highest BCUT2D eigenvalue weighted by Crippen LogP contribution is 2.22. The van der Waals surface area contributed by atoms with E-state index >= 15 is 0 Å². The number of rotatable bonds is 2. The first-order chi connectivity index (χ1) is 7.77. The van der Waals surface area contributed by atoms with Crippen LogP contribution in [0.1, 0.15) is 32.1 Å². The van der Waals surface area contributed by atoms with Crippen molar-refractivity contribution >= 4 is 22.5 Å². The second kappa shape index (κ2) is 5.30. The van der Waals surface area contributed by atoms with Crippen molar-refractivity contribution in [2.24, 2.45) is 0 Å². The second-order valence-electron chi connectivity index (χ2n) is 4.17. The molecule has 16 heavy (non-hydrogen) atoms. The predicted molar refractivity (Wildman–Crippen MR) is 65.8 cm³/mol. The SMILES string of the molecule is CN(C(=O)Nc1nccs1)C1CCCCC1. The van der Waals surface area contributed by atoms with Gasteiger partial charge in [-0.25, -0.2) is 9.78 Å². The topological polar surface area (TPSA) is 45.2 Å². The minimum absolute atomic E-state index is 0.0400. The summed E-state index contributed by atoms with van der Waals surface area (Å²) in [6.07, 6.45) is 7.72. The molecule has 5 heteroatoms. The summed E-state index contributed by atoms with van der Waals surface area (Å²) >= 11 is 1.45. The van der Waals surface area contributed by atoms with Crippen LogP contribution in [0.15, 0.2) is 11.6 Å². The van der Waals surface area contributed by atoms with Crippen LogP contribution in [0.3, 0.4) is 0 Å². The van der Waals surface area contributed by atoms with Gasteiger partial charge in [0.2, 0.25) is 0 Å². The van der Waals surface area contributed by atoms with Gasteiger partial charge in [0.15, 0.2) is 5.13 Å². The zero-order chi connectivity index (χ0) is 11.4. The number of nitrogens with one attached hydrogen (secondary N) is 1. The maximum absolute atomic E-state index is 11.9. The molecule has 0 aromatic carbocycles. The normalized spacial score (nSPS) is 17.1. The first-order valence-corrected chi connectivity index (χ1v) is 6.58. The molecule has 2 rings (SSSR count). The summed E-state index contributed by atoms with van der Waals surface area (Å²) in [5.74, 6) is 0. The molecule has 0 spiro atoms. The summed E-state index contributed by atoms with van der Waals surface area (Å²) in [4.78, 5) is 17.8. The van der Waals surface area contributed by atoms with Gasteiger partial charge in [0.25, 0.3) is 0 Å². The molecular weight excluding hydrogens is 222 g/mol. The summed E-state index contributed by atoms with van der Waals surface area (Å²) in [6, 6.07) is 0.357. The Hall–Kier alpha value is -1.10. The maximum atomic E-state index is 11.9. The van der Waals surface area contributed by atoms with E-state index in [2.05, 4.69) is 10.3 Å². The lowest BCUT2D eigenvalue weighted by molar-refractivity contribution is 0.186. The highest BCUT2D eigenvalue weighted by Gasteiger charge is 2.22. The summed E-state index contributed by atoms with van der Waals surface area (Å²) in [6.45, 7) is 0. The Labute approximate surface area is 99.7 Å². The van der Waals surface area contributed by atoms with Crippen molar-refractivity contribution in [3.8, 4) is 0 Å². The first kappa shape index (κ1) is 11.4. The zero-order valence-corrected chi connectivity index (χ0v) is 10.3. The number of carbonyl (C=O) groups excluding carboxylic acids is 1. The highest BCUT2D eigenvalue weighted by atomic mass is 32.1. The molecule has 1 aliphatic rings. The van der Waals surface area contributed by atoms with Gasteiger partial charge in [-0.3, -0.25) is 5.32 Å². The number of nitrogens with zero attached hydrogens (tertiary/aromatic N) is 2. The lowest BCUT2D eigenvalue weighted by atomic mass is 9.95. The Morgan fingerprint density at radius 2 is 2.25 bits per heavy atom. The molecule has 0 radical (unpaired) electrons. The molecular formula is C11H17N3OS. The van der Waals surface area contributed by atoms with Crippen molar-refractivity contribution in [3.05, 3.63) is 11.6 Å². The van der Waals surface area contributed by atoms with Crippen molar-refractivity contribution in [3.63, 3.8) is 0 Å². The minimum Gasteiger partial charge on any atom is -0.325 e. The molecule has 2 amide bonds. The van der Waals surface area contributed by atoms with Gasteiger partial charge < -0.3 is 4.90 Å². The van der Waals surface area contributed by atoms with Crippen LogP contribution in [-0.4, -0.2) is 29.0 Å². The average Bonchev–Trinajstić information content (AvgIpc) is 2.82. The molecule has 1 saturated carbocycles. The van der Waals surface area contributed by atoms with Crippen molar-refractivity contribution < 1.29 is 4.79 Å². The van der Waals surface area contributed by atoms with Crippen molar-refractivity contribution in [2.45, 2.75) is 38.1 Å². The molecule has 0 bridgehead atoms. The standard InChI is InChI=1S/C11H17N3OS/c1-14(9-5-3-2-4-6-9)11(15)13-10-12-7-8-16-10/h7-9H,2-6H2,1H3,(H,12,13,15). The van der Waals surface area contributed by atoms with E-state index in [1.165, 1.54) is 30.6 Å². The lowest BCUT2D eigenvalue weighted by Crippen LogP contribution is -2.40. The third kappa shape index (κ3) is 2.72. The molecule has 0 aliphatic heterocycles. The smallest absolute Gasteiger partial charge is 0.323 e. The van der Waals surface area contributed by atoms with Crippen LogP contribution in [0, 0.1) is 0 Å². The highest BCUT2D eigenvalue weighted by molar-refractivity contribution is 7.13. The van der Waals surface area contributed by atoms with E-state index in [9.17, 15) is 4.79 Å². The van der Waals surface area contributed by atoms with Crippen LogP contribution in [0.5, 0.6) is 0 Å². The summed E-state index contributed by atoms with van der Waals surface area (Å²) in [7, 11) is 1.87. The minimum atomic E-state index is -0.0400. The number of thiazole rings is 1. The number of hydrogen-bond acceptors (Lipinski definition) is 3. The van der Waals surface area contributed by atoms with Gasteiger partial charge in [0.05, 0.1) is 0 Å². The number of carbonyl (C=O) groups is 1. The third-order valence-electron chi connectivity index (χ3n) is 3.09. The van der Waals surface area contributed by atoms with E-state index in [0.29, 0.717) is 11.2 Å². The molecule has 1 aliphatic carbocycles. The van der Waals surface area contributed by atoms with Crippen LogP contribution < -0.4 is 5.32 Å². The predicted octanol–water partition coefficient (Wildman–Crippen LogP) is 2.94. The van der Waals surface area contributed by atoms with Gasteiger partial charge in [-0.15, -0.1) is 11.3 Å². The summed E-state index contributed by atoms with van der Waals surface area (Å²) < 4.78 is 0. The fourth-order valence-corrected chi connectivity index (χ4v) is 2.62. The number of anilines is 1. The Kier molecular flexibility index (Phi) is 3.77. The monoisotopic (exact) mass is 239 g/mol. The quantitative estimate of drug-likeness (QED) is 0.862. The van der Waals surface area contributed by atoms with Gasteiger partial charge in [-0.05, 0) is 12.8 Å². The molecule has 1 aromatic rings. The van der Waals surface area contributed by atoms with Gasteiger partial charge >= 0.3 is 6.03 Å². The number of hydrogen-bond donors (Lipinski definition) is 1. The van der Waals surface area contributed by atoms with Crippen LogP contribution in [0.25, 0.3) is 0 Å². The molecule has 0 atom stereocenters. The zero-order valence-electron chi connectivity index (χ0n) is 9.48. The average molecular weight is 239 g/mol. The Morgan fingerprint density at radius 3 is 2.88 bits per heavy atom. The fourth-order valence-electron chi connectivity index (χ4n) is 2.10. The van der Waals surface area contributed by atoms with Crippen molar-refractivity contribution in [2.75, 3.05) is 12.4 Å². The molecule has 0 unspecified atom stereocenters. The van der Waals surface area contributed by atoms with Crippen molar-refractivity contribution in [1.82, 2.24) is 9.88 Å². The second-order valence-corrected chi connectivity index (χ2v) is 5.06. The maximum Gasteiger partial charge on any atom is 0.323 e. The number of aromatic nitrogens is 1. The Balaban J connectivity index is 1.88. The summed E-state index contributed by atoms with van der Waals surface area (Å²) in [5, 5.41) is 5.34. The van der Waals surface area contributed by atoms with E-state index in [0.717, 1.165) is 12.8 Å². The first-order valence-electron chi connectivity index (χ1n) is 5.70. The molecule has 1 heterocycles. The van der Waals surface area contributed by atoms with E-state index in [1.54, 1.807) is 6.20 Å². The van der Waals surface area contributed by atoms with E-state index in [4.69, 9.17) is 0 Å². The van der Waals surface area contributed by atoms with E-state index in [1.807, 2.05) is 17.3 Å². The largest absolute Gasteiger partial charge is 0.325 e. The third-order valence-corrected chi connectivity index (χ3v) is 3.78. The van der Waals surface area contributed by atoms with Gasteiger partial charge in [0, 0.05) is 24.7 Å².